The maximum absolute atomic E-state index is 13.0. The molecule has 8 heteroatoms. The van der Waals surface area contributed by atoms with Gasteiger partial charge < -0.3 is 5.32 Å². The number of rotatable bonds is 4. The molecule has 4 amide bonds. The monoisotopic (exact) mass is 460 g/mol. The minimum atomic E-state index is -0.483. The van der Waals surface area contributed by atoms with Crippen LogP contribution in [0.2, 0.25) is 0 Å². The van der Waals surface area contributed by atoms with Gasteiger partial charge in [0.1, 0.15) is 0 Å². The Hall–Kier alpha value is -3.78. The second-order valence-electron chi connectivity index (χ2n) is 7.72. The molecule has 0 radical (unpaired) electrons. The second kappa shape index (κ2) is 9.79. The van der Waals surface area contributed by atoms with E-state index in [-0.39, 0.29) is 18.7 Å². The summed E-state index contributed by atoms with van der Waals surface area (Å²) >= 11 is 1.59. The molecule has 3 N–H and O–H groups in total. The van der Waals surface area contributed by atoms with Gasteiger partial charge in [0.15, 0.2) is 0 Å². The fraction of sp³-hybridized carbons (Fsp3) is 0.160. The second-order valence-corrected chi connectivity index (χ2v) is 8.80. The van der Waals surface area contributed by atoms with E-state index in [0.717, 1.165) is 38.0 Å². The predicted octanol–water partition coefficient (Wildman–Crippen LogP) is 5.07. The molecule has 1 aliphatic rings. The van der Waals surface area contributed by atoms with Crippen LogP contribution in [-0.2, 0) is 9.59 Å². The Kier molecular flexibility index (Phi) is 6.65. The first kappa shape index (κ1) is 22.4. The number of fused-ring (bicyclic) bond motifs is 2. The first-order valence-corrected chi connectivity index (χ1v) is 11.4. The number of hydrogen-bond acceptors (Lipinski definition) is 4. The predicted molar refractivity (Wildman–Crippen MR) is 130 cm³/mol. The molecule has 0 spiro atoms. The summed E-state index contributed by atoms with van der Waals surface area (Å²) in [5.41, 5.74) is 9.15. The van der Waals surface area contributed by atoms with Crippen LogP contribution < -0.4 is 21.1 Å². The summed E-state index contributed by atoms with van der Waals surface area (Å²) in [5, 5.41) is 2.81. The van der Waals surface area contributed by atoms with Crippen molar-refractivity contribution >= 4 is 46.7 Å². The maximum atomic E-state index is 13.0. The minimum Gasteiger partial charge on any atom is -0.326 e. The van der Waals surface area contributed by atoms with Crippen molar-refractivity contribution in [3.8, 4) is 0 Å². The van der Waals surface area contributed by atoms with Crippen LogP contribution in [0.4, 0.5) is 21.9 Å². The summed E-state index contributed by atoms with van der Waals surface area (Å²) in [4.78, 5) is 40.9. The van der Waals surface area contributed by atoms with Crippen LogP contribution in [0.25, 0.3) is 0 Å². The summed E-state index contributed by atoms with van der Waals surface area (Å²) in [5.74, 6) is -0.716. The van der Waals surface area contributed by atoms with Crippen LogP contribution in [0.15, 0.2) is 76.5 Å². The first-order valence-electron chi connectivity index (χ1n) is 10.5. The molecule has 1 heterocycles. The number of nitrogens with zero attached hydrogens (tertiary/aromatic N) is 1. The largest absolute Gasteiger partial charge is 0.345 e. The minimum absolute atomic E-state index is 0.00103. The highest BCUT2D eigenvalue weighted by Gasteiger charge is 2.28. The summed E-state index contributed by atoms with van der Waals surface area (Å²) in [6.45, 7) is 3.90. The lowest BCUT2D eigenvalue weighted by molar-refractivity contribution is -0.124. The zero-order valence-corrected chi connectivity index (χ0v) is 19.2. The standard InChI is InChI=1S/C25H24N4O3S/c1-16-11-12-18(17(2)15-16)26-23(30)13-14-24(31)27-28-25(32)29-19-7-3-5-9-21(19)33-22-10-6-4-8-20(22)29/h3-12,15H,13-14H2,1-2H3,(H,26,30)(H,27,31)(H,28,32). The summed E-state index contributed by atoms with van der Waals surface area (Å²) in [7, 11) is 0. The number of hydrazine groups is 1. The van der Waals surface area contributed by atoms with E-state index in [1.807, 2.05) is 80.6 Å². The molecular weight excluding hydrogens is 436 g/mol. The number of urea groups is 1. The van der Waals surface area contributed by atoms with Gasteiger partial charge in [-0.2, -0.15) is 0 Å². The molecule has 0 aliphatic carbocycles. The molecule has 0 saturated heterocycles. The topological polar surface area (TPSA) is 90.5 Å². The molecule has 1 aliphatic heterocycles. The molecule has 4 rings (SSSR count). The number of para-hydroxylation sites is 2. The average Bonchev–Trinajstić information content (AvgIpc) is 2.81. The van der Waals surface area contributed by atoms with E-state index in [4.69, 9.17) is 0 Å². The molecule has 0 fully saturated rings. The molecular formula is C25H24N4O3S. The SMILES string of the molecule is Cc1ccc(NC(=O)CCC(=O)NNC(=O)N2c3ccccc3Sc3ccccc32)c(C)c1. The zero-order valence-electron chi connectivity index (χ0n) is 18.3. The summed E-state index contributed by atoms with van der Waals surface area (Å²) < 4.78 is 0. The van der Waals surface area contributed by atoms with Crippen molar-refractivity contribution in [2.75, 3.05) is 10.2 Å². The Bertz CT molecular complexity index is 1180. The van der Waals surface area contributed by atoms with Gasteiger partial charge in [0, 0.05) is 28.3 Å². The lowest BCUT2D eigenvalue weighted by atomic mass is 10.1. The molecule has 7 nitrogen and oxygen atoms in total. The van der Waals surface area contributed by atoms with Crippen LogP contribution in [-0.4, -0.2) is 17.8 Å². The molecule has 0 unspecified atom stereocenters. The van der Waals surface area contributed by atoms with Crippen LogP contribution in [0.1, 0.15) is 24.0 Å². The third kappa shape index (κ3) is 5.18. The summed E-state index contributed by atoms with van der Waals surface area (Å²) in [6.07, 6.45) is -0.0545. The molecule has 0 aromatic heterocycles. The molecule has 3 aromatic carbocycles. The van der Waals surface area contributed by atoms with Crippen LogP contribution in [0.3, 0.4) is 0 Å². The fourth-order valence-corrected chi connectivity index (χ4v) is 4.62. The summed E-state index contributed by atoms with van der Waals surface area (Å²) in [6, 6.07) is 20.4. The van der Waals surface area contributed by atoms with E-state index in [1.165, 1.54) is 4.90 Å². The molecule has 0 saturated carbocycles. The number of benzene rings is 3. The van der Waals surface area contributed by atoms with Gasteiger partial charge in [-0.3, -0.25) is 19.9 Å². The van der Waals surface area contributed by atoms with Gasteiger partial charge in [-0.15, -0.1) is 0 Å². The number of amides is 4. The van der Waals surface area contributed by atoms with E-state index in [1.54, 1.807) is 11.8 Å². The third-order valence-electron chi connectivity index (χ3n) is 5.18. The van der Waals surface area contributed by atoms with Gasteiger partial charge in [0.05, 0.1) is 11.4 Å². The van der Waals surface area contributed by atoms with E-state index in [9.17, 15) is 14.4 Å². The third-order valence-corrected chi connectivity index (χ3v) is 6.31. The van der Waals surface area contributed by atoms with Crippen molar-refractivity contribution in [1.82, 2.24) is 10.9 Å². The number of aryl methyl sites for hydroxylation is 2. The Morgan fingerprint density at radius 1 is 0.788 bits per heavy atom. The van der Waals surface area contributed by atoms with Crippen molar-refractivity contribution in [3.63, 3.8) is 0 Å². The highest BCUT2D eigenvalue weighted by Crippen LogP contribution is 2.47. The zero-order chi connectivity index (χ0) is 23.4. The quantitative estimate of drug-likeness (QED) is 0.475. The van der Waals surface area contributed by atoms with Gasteiger partial charge >= 0.3 is 6.03 Å². The lowest BCUT2D eigenvalue weighted by Crippen LogP contribution is -2.48. The van der Waals surface area contributed by atoms with Gasteiger partial charge in [-0.05, 0) is 49.7 Å². The van der Waals surface area contributed by atoms with Crippen molar-refractivity contribution in [2.24, 2.45) is 0 Å². The van der Waals surface area contributed by atoms with E-state index >= 15 is 0 Å². The van der Waals surface area contributed by atoms with Gasteiger partial charge in [0.2, 0.25) is 11.8 Å². The first-order chi connectivity index (χ1) is 15.9. The van der Waals surface area contributed by atoms with Crippen molar-refractivity contribution < 1.29 is 14.4 Å². The van der Waals surface area contributed by atoms with Crippen molar-refractivity contribution in [1.29, 1.82) is 0 Å². The Morgan fingerprint density at radius 3 is 2.03 bits per heavy atom. The van der Waals surface area contributed by atoms with E-state index < -0.39 is 11.9 Å². The maximum Gasteiger partial charge on any atom is 0.345 e. The number of nitrogens with one attached hydrogen (secondary N) is 3. The molecule has 3 aromatic rings. The van der Waals surface area contributed by atoms with Gasteiger partial charge in [-0.1, -0.05) is 53.7 Å². The van der Waals surface area contributed by atoms with E-state index in [2.05, 4.69) is 16.2 Å². The smallest absolute Gasteiger partial charge is 0.326 e. The molecule has 33 heavy (non-hydrogen) atoms. The Balaban J connectivity index is 1.34. The molecule has 0 atom stereocenters. The fourth-order valence-electron chi connectivity index (χ4n) is 3.56. The van der Waals surface area contributed by atoms with Crippen LogP contribution in [0, 0.1) is 13.8 Å². The molecule has 168 valence electrons. The Labute approximate surface area is 196 Å². The Morgan fingerprint density at radius 2 is 1.39 bits per heavy atom. The van der Waals surface area contributed by atoms with Gasteiger partial charge in [0.25, 0.3) is 0 Å². The number of carbonyl (C=O) groups is 3. The van der Waals surface area contributed by atoms with Crippen LogP contribution >= 0.6 is 11.8 Å². The van der Waals surface area contributed by atoms with Crippen LogP contribution in [0.5, 0.6) is 0 Å². The number of anilines is 3. The average molecular weight is 461 g/mol. The normalized spacial score (nSPS) is 11.8. The lowest BCUT2D eigenvalue weighted by Gasteiger charge is -2.30. The van der Waals surface area contributed by atoms with E-state index in [0.29, 0.717) is 0 Å². The van der Waals surface area contributed by atoms with Crippen molar-refractivity contribution in [3.05, 3.63) is 77.9 Å². The molecule has 0 bridgehead atoms. The van der Waals surface area contributed by atoms with Crippen molar-refractivity contribution in [2.45, 2.75) is 36.5 Å². The number of hydrogen-bond donors (Lipinski definition) is 3. The van der Waals surface area contributed by atoms with Gasteiger partial charge in [-0.25, -0.2) is 10.2 Å². The highest BCUT2D eigenvalue weighted by molar-refractivity contribution is 7.99. The highest BCUT2D eigenvalue weighted by atomic mass is 32.2. The number of carbonyl (C=O) groups excluding carboxylic acids is 3.